The van der Waals surface area contributed by atoms with Crippen molar-refractivity contribution in [1.82, 2.24) is 0 Å². The van der Waals surface area contributed by atoms with Gasteiger partial charge in [0.05, 0.1) is 0 Å². The fourth-order valence-electron chi connectivity index (χ4n) is 2.32. The van der Waals surface area contributed by atoms with Gasteiger partial charge in [-0.1, -0.05) is 36.4 Å². The predicted molar refractivity (Wildman–Crippen MR) is 66.5 cm³/mol. The highest BCUT2D eigenvalue weighted by Crippen LogP contribution is 2.41. The summed E-state index contributed by atoms with van der Waals surface area (Å²) < 4.78 is 0. The molecule has 0 N–H and O–H groups in total. The summed E-state index contributed by atoms with van der Waals surface area (Å²) in [6.45, 7) is 0. The summed E-state index contributed by atoms with van der Waals surface area (Å²) in [5.74, 6) is 0. The maximum absolute atomic E-state index is 2.25. The van der Waals surface area contributed by atoms with Crippen LogP contribution in [-0.4, -0.2) is 6.26 Å². The third kappa shape index (κ3) is 1.30. The zero-order valence-electron chi connectivity index (χ0n) is 8.66. The van der Waals surface area contributed by atoms with Crippen molar-refractivity contribution in [3.63, 3.8) is 0 Å². The van der Waals surface area contributed by atoms with Crippen LogP contribution in [0.3, 0.4) is 0 Å². The third-order valence-electron chi connectivity index (χ3n) is 3.00. The summed E-state index contributed by atoms with van der Waals surface area (Å²) in [5, 5.41) is 0. The van der Waals surface area contributed by atoms with Crippen LogP contribution < -0.4 is 0 Å². The smallest absolute Gasteiger partial charge is 0.0151 e. The number of fused-ring (bicyclic) bond motifs is 3. The maximum atomic E-state index is 2.25. The van der Waals surface area contributed by atoms with Gasteiger partial charge in [-0.05, 0) is 41.0 Å². The van der Waals surface area contributed by atoms with Crippen molar-refractivity contribution in [2.45, 2.75) is 11.3 Å². The van der Waals surface area contributed by atoms with E-state index >= 15 is 0 Å². The molecule has 0 unspecified atom stereocenters. The summed E-state index contributed by atoms with van der Waals surface area (Å²) in [6.07, 6.45) is 3.25. The van der Waals surface area contributed by atoms with E-state index in [1.54, 1.807) is 0 Å². The molecule has 0 fully saturated rings. The standard InChI is InChI=1S/C14H12S/c1-15-13-8-4-6-11-9-10-5-2-3-7-12(10)14(11)13/h2-8H,9H2,1H3. The van der Waals surface area contributed by atoms with Crippen LogP contribution in [0.2, 0.25) is 0 Å². The molecule has 74 valence electrons. The number of rotatable bonds is 1. The lowest BCUT2D eigenvalue weighted by Crippen LogP contribution is -1.81. The molecule has 0 aromatic heterocycles. The lowest BCUT2D eigenvalue weighted by atomic mass is 10.1. The number of hydrogen-bond acceptors (Lipinski definition) is 1. The molecule has 0 radical (unpaired) electrons. The molecular formula is C14H12S. The summed E-state index contributed by atoms with van der Waals surface area (Å²) >= 11 is 1.84. The lowest BCUT2D eigenvalue weighted by Gasteiger charge is -2.06. The molecule has 0 bridgehead atoms. The van der Waals surface area contributed by atoms with Crippen LogP contribution in [0.4, 0.5) is 0 Å². The second-order valence-electron chi connectivity index (χ2n) is 3.83. The molecule has 0 spiro atoms. The SMILES string of the molecule is CSc1cccc2c1-c1ccccc1C2. The van der Waals surface area contributed by atoms with Crippen molar-refractivity contribution in [3.05, 3.63) is 53.6 Å². The van der Waals surface area contributed by atoms with Gasteiger partial charge in [-0.3, -0.25) is 0 Å². The first-order valence-electron chi connectivity index (χ1n) is 5.14. The van der Waals surface area contributed by atoms with E-state index in [0.717, 1.165) is 6.42 Å². The molecule has 0 saturated carbocycles. The first-order chi connectivity index (χ1) is 7.40. The third-order valence-corrected chi connectivity index (χ3v) is 3.78. The van der Waals surface area contributed by atoms with E-state index in [4.69, 9.17) is 0 Å². The Morgan fingerprint density at radius 1 is 0.933 bits per heavy atom. The molecule has 0 aliphatic heterocycles. The van der Waals surface area contributed by atoms with Crippen LogP contribution in [0.1, 0.15) is 11.1 Å². The van der Waals surface area contributed by atoms with Crippen molar-refractivity contribution in [2.24, 2.45) is 0 Å². The van der Waals surface area contributed by atoms with Crippen molar-refractivity contribution in [1.29, 1.82) is 0 Å². The second kappa shape index (κ2) is 3.42. The largest absolute Gasteiger partial charge is 0.129 e. The maximum Gasteiger partial charge on any atom is 0.0151 e. The van der Waals surface area contributed by atoms with Gasteiger partial charge in [0.1, 0.15) is 0 Å². The molecule has 0 amide bonds. The van der Waals surface area contributed by atoms with E-state index in [1.165, 1.54) is 27.1 Å². The van der Waals surface area contributed by atoms with Gasteiger partial charge >= 0.3 is 0 Å². The zero-order valence-corrected chi connectivity index (χ0v) is 9.47. The van der Waals surface area contributed by atoms with Crippen LogP contribution in [0.25, 0.3) is 11.1 Å². The topological polar surface area (TPSA) is 0 Å². The van der Waals surface area contributed by atoms with Crippen molar-refractivity contribution in [2.75, 3.05) is 6.26 Å². The van der Waals surface area contributed by atoms with Gasteiger partial charge in [-0.15, -0.1) is 11.8 Å². The van der Waals surface area contributed by atoms with Gasteiger partial charge in [0.2, 0.25) is 0 Å². The Morgan fingerprint density at radius 3 is 2.60 bits per heavy atom. The van der Waals surface area contributed by atoms with E-state index in [-0.39, 0.29) is 0 Å². The molecule has 2 aromatic rings. The summed E-state index contributed by atoms with van der Waals surface area (Å²) in [6, 6.07) is 15.4. The second-order valence-corrected chi connectivity index (χ2v) is 4.68. The molecule has 15 heavy (non-hydrogen) atoms. The van der Waals surface area contributed by atoms with Crippen LogP contribution >= 0.6 is 11.8 Å². The van der Waals surface area contributed by atoms with Gasteiger partial charge in [-0.2, -0.15) is 0 Å². The molecule has 2 aromatic carbocycles. The van der Waals surface area contributed by atoms with Crippen LogP contribution in [0.5, 0.6) is 0 Å². The Morgan fingerprint density at radius 2 is 1.73 bits per heavy atom. The lowest BCUT2D eigenvalue weighted by molar-refractivity contribution is 1.25. The van der Waals surface area contributed by atoms with Gasteiger partial charge < -0.3 is 0 Å². The monoisotopic (exact) mass is 212 g/mol. The predicted octanol–water partition coefficient (Wildman–Crippen LogP) is 3.98. The number of thioether (sulfide) groups is 1. The Kier molecular flexibility index (Phi) is 2.06. The molecule has 1 heteroatoms. The normalized spacial score (nSPS) is 12.3. The van der Waals surface area contributed by atoms with Crippen molar-refractivity contribution < 1.29 is 0 Å². The fraction of sp³-hybridized carbons (Fsp3) is 0.143. The molecule has 0 atom stereocenters. The minimum atomic E-state index is 1.10. The molecule has 0 nitrogen and oxygen atoms in total. The Labute approximate surface area is 94.3 Å². The molecule has 0 heterocycles. The Bertz CT molecular complexity index is 514. The molecule has 1 aliphatic rings. The van der Waals surface area contributed by atoms with Crippen molar-refractivity contribution >= 4 is 11.8 Å². The van der Waals surface area contributed by atoms with Gasteiger partial charge in [0, 0.05) is 4.90 Å². The molecular weight excluding hydrogens is 200 g/mol. The van der Waals surface area contributed by atoms with Gasteiger partial charge in [0.15, 0.2) is 0 Å². The van der Waals surface area contributed by atoms with Crippen LogP contribution in [0, 0.1) is 0 Å². The summed E-state index contributed by atoms with van der Waals surface area (Å²) in [7, 11) is 0. The van der Waals surface area contributed by atoms with E-state index in [1.807, 2.05) is 11.8 Å². The summed E-state index contributed by atoms with van der Waals surface area (Å²) in [4.78, 5) is 1.40. The van der Waals surface area contributed by atoms with E-state index < -0.39 is 0 Å². The van der Waals surface area contributed by atoms with Crippen molar-refractivity contribution in [3.8, 4) is 11.1 Å². The highest BCUT2D eigenvalue weighted by atomic mass is 32.2. The Balaban J connectivity index is 2.30. The highest BCUT2D eigenvalue weighted by Gasteiger charge is 2.19. The van der Waals surface area contributed by atoms with E-state index in [2.05, 4.69) is 48.7 Å². The molecule has 0 saturated heterocycles. The van der Waals surface area contributed by atoms with Crippen LogP contribution in [-0.2, 0) is 6.42 Å². The minimum absolute atomic E-state index is 1.10. The highest BCUT2D eigenvalue weighted by molar-refractivity contribution is 7.98. The number of hydrogen-bond donors (Lipinski definition) is 0. The Hall–Kier alpha value is -1.21. The number of benzene rings is 2. The summed E-state index contributed by atoms with van der Waals surface area (Å²) in [5.41, 5.74) is 5.83. The first-order valence-corrected chi connectivity index (χ1v) is 6.37. The average Bonchev–Trinajstić information content (AvgIpc) is 2.67. The molecule has 1 aliphatic carbocycles. The quantitative estimate of drug-likeness (QED) is 0.550. The van der Waals surface area contributed by atoms with Gasteiger partial charge in [0.25, 0.3) is 0 Å². The van der Waals surface area contributed by atoms with Crippen LogP contribution in [0.15, 0.2) is 47.4 Å². The van der Waals surface area contributed by atoms with Gasteiger partial charge in [-0.25, -0.2) is 0 Å². The first kappa shape index (κ1) is 9.05. The minimum Gasteiger partial charge on any atom is -0.129 e. The molecule has 3 rings (SSSR count). The van der Waals surface area contributed by atoms with E-state index in [0.29, 0.717) is 0 Å². The average molecular weight is 212 g/mol. The van der Waals surface area contributed by atoms with E-state index in [9.17, 15) is 0 Å². The fourth-order valence-corrected chi connectivity index (χ4v) is 2.98. The zero-order chi connectivity index (χ0) is 10.3.